The van der Waals surface area contributed by atoms with E-state index in [2.05, 4.69) is 9.62 Å². The highest BCUT2D eigenvalue weighted by Crippen LogP contribution is 2.44. The molecular formula is C37H35N3O6S. The lowest BCUT2D eigenvalue weighted by Crippen LogP contribution is -2.49. The Kier molecular flexibility index (Phi) is 8.78. The molecule has 6 rings (SSSR count). The standard InChI is InChI=1S/C37H35N3O6S/c1-25-10-15-29(16-11-25)40-36(27-12-21-34(45-3)35(22-27)46-4)39(24-26-8-6-5-7-9-26)33-20-19-31(23-32(33)37(40)41)47(42,43)38-28-13-17-30(44-2)18-14-28/h5-23,36,38H,24H2,1-4H3/t36-/m0/s1. The van der Waals surface area contributed by atoms with E-state index in [-0.39, 0.29) is 16.4 Å². The van der Waals surface area contributed by atoms with Crippen molar-refractivity contribution in [3.63, 3.8) is 0 Å². The molecule has 240 valence electrons. The van der Waals surface area contributed by atoms with Crippen LogP contribution in [0, 0.1) is 6.92 Å². The fourth-order valence-corrected chi connectivity index (χ4v) is 6.83. The second kappa shape index (κ2) is 13.1. The van der Waals surface area contributed by atoms with E-state index in [4.69, 9.17) is 14.2 Å². The van der Waals surface area contributed by atoms with Crippen LogP contribution >= 0.6 is 0 Å². The molecule has 1 atom stereocenters. The number of hydrogen-bond acceptors (Lipinski definition) is 7. The first-order valence-corrected chi connectivity index (χ1v) is 16.4. The van der Waals surface area contributed by atoms with E-state index in [0.717, 1.165) is 16.7 Å². The smallest absolute Gasteiger partial charge is 0.262 e. The lowest BCUT2D eigenvalue weighted by atomic mass is 9.98. The molecule has 5 aromatic carbocycles. The lowest BCUT2D eigenvalue weighted by Gasteiger charge is -2.46. The number of nitrogens with zero attached hydrogens (tertiary/aromatic N) is 2. The number of hydrogen-bond donors (Lipinski definition) is 1. The largest absolute Gasteiger partial charge is 0.497 e. The molecule has 0 saturated carbocycles. The quantitative estimate of drug-likeness (QED) is 0.171. The Labute approximate surface area is 275 Å². The SMILES string of the molecule is COc1ccc(NS(=O)(=O)c2ccc3c(c2)C(=O)N(c2ccc(C)cc2)[C@@H](c2ccc(OC)c(OC)c2)N3Cc2ccccc2)cc1. The monoisotopic (exact) mass is 649 g/mol. The normalized spacial score (nSPS) is 14.4. The van der Waals surface area contributed by atoms with Crippen molar-refractivity contribution in [3.05, 3.63) is 138 Å². The first kappa shape index (κ1) is 31.5. The third-order valence-corrected chi connectivity index (χ3v) is 9.51. The molecule has 0 aliphatic carbocycles. The van der Waals surface area contributed by atoms with Gasteiger partial charge in [0.05, 0.1) is 37.5 Å². The third-order valence-electron chi connectivity index (χ3n) is 8.13. The van der Waals surface area contributed by atoms with Gasteiger partial charge in [0.25, 0.3) is 15.9 Å². The zero-order chi connectivity index (χ0) is 33.1. The molecule has 5 aromatic rings. The fraction of sp³-hybridized carbons (Fsp3) is 0.162. The summed E-state index contributed by atoms with van der Waals surface area (Å²) in [5, 5.41) is 0. The highest BCUT2D eigenvalue weighted by Gasteiger charge is 2.40. The van der Waals surface area contributed by atoms with Gasteiger partial charge < -0.3 is 19.1 Å². The van der Waals surface area contributed by atoms with Crippen LogP contribution in [0.1, 0.15) is 33.2 Å². The van der Waals surface area contributed by atoms with Crippen molar-refractivity contribution in [2.45, 2.75) is 24.5 Å². The summed E-state index contributed by atoms with van der Waals surface area (Å²) in [7, 11) is 0.645. The van der Waals surface area contributed by atoms with Gasteiger partial charge in [-0.15, -0.1) is 0 Å². The molecule has 1 amide bonds. The number of nitrogens with one attached hydrogen (secondary N) is 1. The maximum absolute atomic E-state index is 14.7. The zero-order valence-corrected chi connectivity index (χ0v) is 27.3. The van der Waals surface area contributed by atoms with Gasteiger partial charge in [-0.1, -0.05) is 54.1 Å². The highest BCUT2D eigenvalue weighted by molar-refractivity contribution is 7.92. The summed E-state index contributed by atoms with van der Waals surface area (Å²) in [5.74, 6) is 1.35. The Morgan fingerprint density at radius 1 is 0.745 bits per heavy atom. The molecular weight excluding hydrogens is 614 g/mol. The fourth-order valence-electron chi connectivity index (χ4n) is 5.75. The number of aryl methyl sites for hydroxylation is 1. The minimum atomic E-state index is -4.05. The molecule has 1 aliphatic rings. The Morgan fingerprint density at radius 2 is 1.45 bits per heavy atom. The molecule has 9 nitrogen and oxygen atoms in total. The first-order chi connectivity index (χ1) is 22.7. The highest BCUT2D eigenvalue weighted by atomic mass is 32.2. The van der Waals surface area contributed by atoms with Gasteiger partial charge in [0.15, 0.2) is 11.5 Å². The maximum atomic E-state index is 14.7. The van der Waals surface area contributed by atoms with Crippen LogP contribution in [-0.4, -0.2) is 35.7 Å². The summed E-state index contributed by atoms with van der Waals surface area (Å²) in [6.07, 6.45) is -0.613. The number of benzene rings is 5. The van der Waals surface area contributed by atoms with Crippen LogP contribution in [0.5, 0.6) is 17.2 Å². The third kappa shape index (κ3) is 6.32. The number of amides is 1. The Bertz CT molecular complexity index is 2000. The van der Waals surface area contributed by atoms with Gasteiger partial charge in [-0.05, 0) is 84.8 Å². The lowest BCUT2D eigenvalue weighted by molar-refractivity contribution is 0.0968. The molecule has 1 aliphatic heterocycles. The molecule has 0 aromatic heterocycles. The van der Waals surface area contributed by atoms with E-state index in [1.807, 2.05) is 79.7 Å². The maximum Gasteiger partial charge on any atom is 0.262 e. The van der Waals surface area contributed by atoms with Crippen LogP contribution in [0.15, 0.2) is 120 Å². The Hall–Kier alpha value is -5.48. The number of ether oxygens (including phenoxy) is 3. The number of carbonyl (C=O) groups is 1. The molecule has 0 fully saturated rings. The zero-order valence-electron chi connectivity index (χ0n) is 26.5. The van der Waals surface area contributed by atoms with E-state index in [0.29, 0.717) is 40.9 Å². The summed E-state index contributed by atoms with van der Waals surface area (Å²) in [5.41, 5.74) is 4.74. The predicted molar refractivity (Wildman–Crippen MR) is 183 cm³/mol. The van der Waals surface area contributed by atoms with Crippen LogP contribution in [0.25, 0.3) is 0 Å². The number of methoxy groups -OCH3 is 3. The molecule has 10 heteroatoms. The number of anilines is 3. The minimum absolute atomic E-state index is 0.0338. The molecule has 1 heterocycles. The Morgan fingerprint density at radius 3 is 2.11 bits per heavy atom. The molecule has 1 N–H and O–H groups in total. The van der Waals surface area contributed by atoms with Crippen molar-refractivity contribution >= 4 is 33.0 Å². The van der Waals surface area contributed by atoms with Gasteiger partial charge >= 0.3 is 0 Å². The van der Waals surface area contributed by atoms with Gasteiger partial charge in [0, 0.05) is 17.9 Å². The van der Waals surface area contributed by atoms with E-state index >= 15 is 0 Å². The summed E-state index contributed by atoms with van der Waals surface area (Å²) in [4.78, 5) is 18.5. The van der Waals surface area contributed by atoms with Gasteiger partial charge in [0.1, 0.15) is 11.9 Å². The van der Waals surface area contributed by atoms with Crippen LogP contribution in [-0.2, 0) is 16.6 Å². The van der Waals surface area contributed by atoms with E-state index in [9.17, 15) is 13.2 Å². The van der Waals surface area contributed by atoms with Crippen LogP contribution < -0.4 is 28.7 Å². The van der Waals surface area contributed by atoms with Crippen molar-refractivity contribution in [2.24, 2.45) is 0 Å². The minimum Gasteiger partial charge on any atom is -0.497 e. The van der Waals surface area contributed by atoms with E-state index in [1.54, 1.807) is 56.6 Å². The number of sulfonamides is 1. The van der Waals surface area contributed by atoms with Gasteiger partial charge in [-0.3, -0.25) is 14.4 Å². The summed E-state index contributed by atoms with van der Waals surface area (Å²) < 4.78 is 46.2. The van der Waals surface area contributed by atoms with Crippen LogP contribution in [0.4, 0.5) is 17.1 Å². The van der Waals surface area contributed by atoms with Crippen molar-refractivity contribution < 1.29 is 27.4 Å². The van der Waals surface area contributed by atoms with Gasteiger partial charge in [-0.25, -0.2) is 8.42 Å². The average molecular weight is 650 g/mol. The van der Waals surface area contributed by atoms with Crippen molar-refractivity contribution in [1.29, 1.82) is 0 Å². The van der Waals surface area contributed by atoms with Crippen molar-refractivity contribution in [2.75, 3.05) is 35.9 Å². The molecule has 0 spiro atoms. The average Bonchev–Trinajstić information content (AvgIpc) is 3.10. The van der Waals surface area contributed by atoms with Crippen molar-refractivity contribution in [1.82, 2.24) is 0 Å². The number of rotatable bonds is 10. The van der Waals surface area contributed by atoms with E-state index < -0.39 is 16.2 Å². The molecule has 0 saturated heterocycles. The molecule has 0 unspecified atom stereocenters. The van der Waals surface area contributed by atoms with Crippen LogP contribution in [0.3, 0.4) is 0 Å². The summed E-state index contributed by atoms with van der Waals surface area (Å²) in [6, 6.07) is 34.5. The predicted octanol–water partition coefficient (Wildman–Crippen LogP) is 7.19. The van der Waals surface area contributed by atoms with Crippen molar-refractivity contribution in [3.8, 4) is 17.2 Å². The second-order valence-corrected chi connectivity index (χ2v) is 12.8. The molecule has 0 bridgehead atoms. The first-order valence-electron chi connectivity index (χ1n) is 15.0. The summed E-state index contributed by atoms with van der Waals surface area (Å²) in [6.45, 7) is 2.41. The van der Waals surface area contributed by atoms with Crippen LogP contribution in [0.2, 0.25) is 0 Å². The molecule has 47 heavy (non-hydrogen) atoms. The number of fused-ring (bicyclic) bond motifs is 1. The Balaban J connectivity index is 1.52. The number of carbonyl (C=O) groups excluding carboxylic acids is 1. The summed E-state index contributed by atoms with van der Waals surface area (Å²) >= 11 is 0. The van der Waals surface area contributed by atoms with Gasteiger partial charge in [-0.2, -0.15) is 0 Å². The second-order valence-electron chi connectivity index (χ2n) is 11.1. The topological polar surface area (TPSA) is 97.4 Å². The van der Waals surface area contributed by atoms with E-state index in [1.165, 1.54) is 12.1 Å². The van der Waals surface area contributed by atoms with Gasteiger partial charge in [0.2, 0.25) is 0 Å². The molecule has 0 radical (unpaired) electrons.